The summed E-state index contributed by atoms with van der Waals surface area (Å²) < 4.78 is 1.56. The first-order valence-corrected chi connectivity index (χ1v) is 4.84. The van der Waals surface area contributed by atoms with E-state index in [4.69, 9.17) is 0 Å². The number of hydrogen-bond donors (Lipinski definition) is 1. The number of anilines is 1. The summed E-state index contributed by atoms with van der Waals surface area (Å²) in [6, 6.07) is 2.91. The highest BCUT2D eigenvalue weighted by atomic mass is 16.6. The molecule has 2 rings (SSSR count). The van der Waals surface area contributed by atoms with Crippen molar-refractivity contribution in [2.45, 2.75) is 6.54 Å². The highest BCUT2D eigenvalue weighted by Gasteiger charge is 2.13. The summed E-state index contributed by atoms with van der Waals surface area (Å²) in [6.07, 6.45) is 3.05. The van der Waals surface area contributed by atoms with Gasteiger partial charge in [0.05, 0.1) is 11.5 Å². The van der Waals surface area contributed by atoms with Gasteiger partial charge in [-0.2, -0.15) is 5.10 Å². The Balaban J connectivity index is 2.11. The van der Waals surface area contributed by atoms with Crippen molar-refractivity contribution in [3.05, 3.63) is 40.6 Å². The Morgan fingerprint density at radius 3 is 3.00 bits per heavy atom. The number of hydrogen-bond acceptors (Lipinski definition) is 6. The second-order valence-electron chi connectivity index (χ2n) is 3.32. The van der Waals surface area contributed by atoms with E-state index in [-0.39, 0.29) is 11.5 Å². The van der Waals surface area contributed by atoms with E-state index in [9.17, 15) is 10.1 Å². The molecule has 0 aliphatic rings. The molecule has 0 bridgehead atoms. The van der Waals surface area contributed by atoms with Crippen LogP contribution >= 0.6 is 0 Å². The molecular formula is C9H10N6O2. The van der Waals surface area contributed by atoms with Crippen molar-refractivity contribution in [3.63, 3.8) is 0 Å². The first-order valence-electron chi connectivity index (χ1n) is 4.84. The normalized spacial score (nSPS) is 10.2. The zero-order valence-electron chi connectivity index (χ0n) is 9.07. The Kier molecular flexibility index (Phi) is 2.95. The van der Waals surface area contributed by atoms with Gasteiger partial charge >= 0.3 is 5.69 Å². The van der Waals surface area contributed by atoms with Crippen molar-refractivity contribution in [2.24, 2.45) is 7.05 Å². The Morgan fingerprint density at radius 1 is 1.53 bits per heavy atom. The summed E-state index contributed by atoms with van der Waals surface area (Å²) >= 11 is 0. The molecule has 1 N–H and O–H groups in total. The third kappa shape index (κ3) is 2.54. The average Bonchev–Trinajstić information content (AvgIpc) is 2.73. The van der Waals surface area contributed by atoms with Crippen LogP contribution < -0.4 is 5.32 Å². The number of aryl methyl sites for hydroxylation is 1. The minimum absolute atomic E-state index is 0.0663. The fourth-order valence-electron chi connectivity index (χ4n) is 1.31. The summed E-state index contributed by atoms with van der Waals surface area (Å²) in [5, 5.41) is 17.6. The predicted octanol–water partition coefficient (Wildman–Crippen LogP) is 0.730. The van der Waals surface area contributed by atoms with E-state index in [0.717, 1.165) is 0 Å². The van der Waals surface area contributed by atoms with Crippen LogP contribution in [0, 0.1) is 10.1 Å². The molecule has 0 saturated heterocycles. The maximum absolute atomic E-state index is 10.7. The smallest absolute Gasteiger partial charge is 0.311 e. The summed E-state index contributed by atoms with van der Waals surface area (Å²) in [6.45, 7) is 0.290. The predicted molar refractivity (Wildman–Crippen MR) is 59.2 cm³/mol. The molecule has 2 aromatic heterocycles. The average molecular weight is 234 g/mol. The van der Waals surface area contributed by atoms with E-state index in [0.29, 0.717) is 12.4 Å². The summed E-state index contributed by atoms with van der Waals surface area (Å²) in [5.74, 6) is 0.761. The molecule has 0 atom stereocenters. The van der Waals surface area contributed by atoms with Gasteiger partial charge in [-0.25, -0.2) is 9.97 Å². The molecule has 0 aromatic carbocycles. The van der Waals surface area contributed by atoms with Gasteiger partial charge in [0.25, 0.3) is 0 Å². The maximum Gasteiger partial charge on any atom is 0.311 e. The molecule has 8 nitrogen and oxygen atoms in total. The topological polar surface area (TPSA) is 98.8 Å². The highest BCUT2D eigenvalue weighted by Crippen LogP contribution is 2.20. The fraction of sp³-hybridized carbons (Fsp3) is 0.222. The van der Waals surface area contributed by atoms with Gasteiger partial charge in [0.2, 0.25) is 5.82 Å². The number of rotatable bonds is 4. The first-order chi connectivity index (χ1) is 8.16. The second-order valence-corrected chi connectivity index (χ2v) is 3.32. The van der Waals surface area contributed by atoms with Gasteiger partial charge in [-0.3, -0.25) is 14.8 Å². The lowest BCUT2D eigenvalue weighted by atomic mass is 10.4. The molecule has 0 spiro atoms. The van der Waals surface area contributed by atoms with E-state index < -0.39 is 4.92 Å². The van der Waals surface area contributed by atoms with E-state index >= 15 is 0 Å². The lowest BCUT2D eigenvalue weighted by molar-refractivity contribution is -0.384. The minimum Gasteiger partial charge on any atom is -0.357 e. The van der Waals surface area contributed by atoms with Crippen LogP contribution in [0.4, 0.5) is 11.5 Å². The molecule has 88 valence electrons. The standard InChI is InChI=1S/C9H10N6O2/c1-14-6-12-8(13-14)5-11-9-7(15(16)17)3-2-4-10-9/h2-4,6H,5H2,1H3,(H,10,11). The lowest BCUT2D eigenvalue weighted by Gasteiger charge is -2.02. The van der Waals surface area contributed by atoms with Crippen molar-refractivity contribution < 1.29 is 4.92 Å². The lowest BCUT2D eigenvalue weighted by Crippen LogP contribution is -2.06. The van der Waals surface area contributed by atoms with Crippen molar-refractivity contribution in [2.75, 3.05) is 5.32 Å². The van der Waals surface area contributed by atoms with Crippen LogP contribution in [0.25, 0.3) is 0 Å². The zero-order valence-corrected chi connectivity index (χ0v) is 9.07. The molecule has 0 fully saturated rings. The largest absolute Gasteiger partial charge is 0.357 e. The van der Waals surface area contributed by atoms with Crippen LogP contribution in [-0.4, -0.2) is 24.7 Å². The van der Waals surface area contributed by atoms with Crippen LogP contribution in [-0.2, 0) is 13.6 Å². The van der Waals surface area contributed by atoms with Crippen LogP contribution in [0.5, 0.6) is 0 Å². The summed E-state index contributed by atoms with van der Waals surface area (Å²) in [7, 11) is 1.75. The van der Waals surface area contributed by atoms with Crippen LogP contribution in [0.15, 0.2) is 24.7 Å². The molecule has 2 heterocycles. The van der Waals surface area contributed by atoms with Gasteiger partial charge < -0.3 is 5.32 Å². The van der Waals surface area contributed by atoms with Crippen molar-refractivity contribution in [3.8, 4) is 0 Å². The molecule has 8 heteroatoms. The van der Waals surface area contributed by atoms with Crippen molar-refractivity contribution >= 4 is 11.5 Å². The van der Waals surface area contributed by atoms with E-state index in [1.807, 2.05) is 0 Å². The number of aromatic nitrogens is 4. The fourth-order valence-corrected chi connectivity index (χ4v) is 1.31. The monoisotopic (exact) mass is 234 g/mol. The summed E-state index contributed by atoms with van der Waals surface area (Å²) in [4.78, 5) is 18.1. The maximum atomic E-state index is 10.7. The Hall–Kier alpha value is -2.51. The summed E-state index contributed by atoms with van der Waals surface area (Å²) in [5.41, 5.74) is -0.0663. The molecule has 2 aromatic rings. The molecule has 17 heavy (non-hydrogen) atoms. The van der Waals surface area contributed by atoms with Crippen molar-refractivity contribution in [1.29, 1.82) is 0 Å². The minimum atomic E-state index is -0.485. The van der Waals surface area contributed by atoms with Gasteiger partial charge in [-0.05, 0) is 6.07 Å². The van der Waals surface area contributed by atoms with Gasteiger partial charge in [-0.1, -0.05) is 0 Å². The number of nitrogens with one attached hydrogen (secondary N) is 1. The van der Waals surface area contributed by atoms with Gasteiger partial charge in [0.1, 0.15) is 6.33 Å². The van der Waals surface area contributed by atoms with Crippen molar-refractivity contribution in [1.82, 2.24) is 19.7 Å². The number of pyridine rings is 1. The van der Waals surface area contributed by atoms with Gasteiger partial charge in [0, 0.05) is 19.3 Å². The third-order valence-corrected chi connectivity index (χ3v) is 2.04. The second kappa shape index (κ2) is 4.56. The molecule has 0 amide bonds. The van der Waals surface area contributed by atoms with Crippen LogP contribution in [0.2, 0.25) is 0 Å². The van der Waals surface area contributed by atoms with Crippen LogP contribution in [0.3, 0.4) is 0 Å². The first kappa shape index (κ1) is 11.0. The Labute approximate surface area is 96.5 Å². The van der Waals surface area contributed by atoms with E-state index in [1.54, 1.807) is 18.1 Å². The number of nitrogens with zero attached hydrogens (tertiary/aromatic N) is 5. The molecule has 0 radical (unpaired) electrons. The van der Waals surface area contributed by atoms with Gasteiger partial charge in [0.15, 0.2) is 5.82 Å². The van der Waals surface area contributed by atoms with E-state index in [1.165, 1.54) is 18.3 Å². The Bertz CT molecular complexity index is 538. The molecular weight excluding hydrogens is 224 g/mol. The molecule has 0 unspecified atom stereocenters. The quantitative estimate of drug-likeness (QED) is 0.618. The SMILES string of the molecule is Cn1cnc(CNc2ncccc2[N+](=O)[O-])n1. The highest BCUT2D eigenvalue weighted by molar-refractivity contribution is 5.54. The third-order valence-electron chi connectivity index (χ3n) is 2.04. The van der Waals surface area contributed by atoms with E-state index in [2.05, 4.69) is 20.4 Å². The number of nitro groups is 1. The molecule has 0 saturated carbocycles. The van der Waals surface area contributed by atoms with Crippen LogP contribution in [0.1, 0.15) is 5.82 Å². The van der Waals surface area contributed by atoms with Gasteiger partial charge in [-0.15, -0.1) is 0 Å². The molecule has 0 aliphatic carbocycles. The molecule has 0 aliphatic heterocycles. The Morgan fingerprint density at radius 2 is 2.35 bits per heavy atom. The zero-order chi connectivity index (χ0) is 12.3.